The minimum atomic E-state index is -0.702. The Kier molecular flexibility index (Phi) is 4.03. The number of aryl methyl sites for hydroxylation is 2. The van der Waals surface area contributed by atoms with E-state index >= 15 is 0 Å². The van der Waals surface area contributed by atoms with Crippen LogP contribution in [-0.4, -0.2) is 22.1 Å². The molecule has 1 aromatic heterocycles. The lowest BCUT2D eigenvalue weighted by molar-refractivity contribution is -0.401. The number of carbonyl (C=O) groups is 1. The smallest absolute Gasteiger partial charge is 0.361 e. The van der Waals surface area contributed by atoms with E-state index in [1.54, 1.807) is 32.9 Å². The van der Waals surface area contributed by atoms with Crippen LogP contribution in [0.25, 0.3) is 5.70 Å². The van der Waals surface area contributed by atoms with E-state index in [-0.39, 0.29) is 12.3 Å². The summed E-state index contributed by atoms with van der Waals surface area (Å²) in [6, 6.07) is 3.56. The number of nitrogens with zero attached hydrogens (tertiary/aromatic N) is 2. The lowest BCUT2D eigenvalue weighted by atomic mass is 10.4. The number of carbonyl (C=O) groups excluding carboxylic acids is 1. The molecule has 0 saturated heterocycles. The third-order valence-electron chi connectivity index (χ3n) is 2.22. The van der Waals surface area contributed by atoms with Gasteiger partial charge < -0.3 is 9.30 Å². The van der Waals surface area contributed by atoms with Gasteiger partial charge in [0.25, 0.3) is 6.20 Å². The second kappa shape index (κ2) is 5.29. The molecule has 0 aliphatic carbocycles. The van der Waals surface area contributed by atoms with E-state index in [0.29, 0.717) is 6.20 Å². The van der Waals surface area contributed by atoms with Crippen LogP contribution in [0, 0.1) is 24.0 Å². The fourth-order valence-corrected chi connectivity index (χ4v) is 1.56. The quantitative estimate of drug-likeness (QED) is 0.346. The van der Waals surface area contributed by atoms with Crippen molar-refractivity contribution in [2.45, 2.75) is 20.8 Å². The predicted molar refractivity (Wildman–Crippen MR) is 61.8 cm³/mol. The first-order valence-corrected chi connectivity index (χ1v) is 5.15. The van der Waals surface area contributed by atoms with Gasteiger partial charge in [-0.1, -0.05) is 0 Å². The minimum absolute atomic E-state index is 0.0862. The number of ether oxygens (including phenoxy) is 1. The van der Waals surface area contributed by atoms with Gasteiger partial charge in [0.2, 0.25) is 5.70 Å². The molecule has 0 amide bonds. The first kappa shape index (κ1) is 13.0. The zero-order chi connectivity index (χ0) is 13.0. The Labute approximate surface area is 98.6 Å². The molecule has 0 aliphatic heterocycles. The summed E-state index contributed by atoms with van der Waals surface area (Å²) in [5, 5.41) is 10.5. The van der Waals surface area contributed by atoms with Crippen molar-refractivity contribution in [2.75, 3.05) is 6.61 Å². The second-order valence-electron chi connectivity index (χ2n) is 3.47. The van der Waals surface area contributed by atoms with Crippen molar-refractivity contribution in [3.63, 3.8) is 0 Å². The van der Waals surface area contributed by atoms with Crippen LogP contribution in [0.5, 0.6) is 0 Å². The number of hydrogen-bond acceptors (Lipinski definition) is 4. The highest BCUT2D eigenvalue weighted by atomic mass is 16.6. The molecule has 0 atom stereocenters. The third-order valence-corrected chi connectivity index (χ3v) is 2.22. The van der Waals surface area contributed by atoms with Gasteiger partial charge in [-0.25, -0.2) is 4.79 Å². The monoisotopic (exact) mass is 238 g/mol. The average molecular weight is 238 g/mol. The fourth-order valence-electron chi connectivity index (χ4n) is 1.56. The highest BCUT2D eigenvalue weighted by Gasteiger charge is 2.20. The summed E-state index contributed by atoms with van der Waals surface area (Å²) in [5.74, 6) is -0.702. The number of aromatic nitrogens is 1. The molecule has 0 saturated carbocycles. The largest absolute Gasteiger partial charge is 0.461 e. The first-order chi connectivity index (χ1) is 7.97. The Bertz CT molecular complexity index is 454. The molecule has 0 unspecified atom stereocenters. The van der Waals surface area contributed by atoms with Crippen LogP contribution in [0.15, 0.2) is 18.3 Å². The van der Waals surface area contributed by atoms with Gasteiger partial charge in [0.15, 0.2) is 0 Å². The number of esters is 1. The van der Waals surface area contributed by atoms with Crippen LogP contribution in [0.4, 0.5) is 0 Å². The van der Waals surface area contributed by atoms with Crippen LogP contribution < -0.4 is 0 Å². The molecule has 1 rings (SSSR count). The van der Waals surface area contributed by atoms with Crippen molar-refractivity contribution in [3.05, 3.63) is 39.8 Å². The molecule has 92 valence electrons. The molecule has 1 heterocycles. The standard InChI is InChI=1S/C11H14N2O4/c1-4-17-11(14)10(7-12(15)16)13-8(2)5-6-9(13)3/h5-7H,4H2,1-3H3/b10-7+. The zero-order valence-electron chi connectivity index (χ0n) is 9.97. The van der Waals surface area contributed by atoms with Crippen LogP contribution in [-0.2, 0) is 9.53 Å². The molecule has 0 fully saturated rings. The van der Waals surface area contributed by atoms with Crippen molar-refractivity contribution in [2.24, 2.45) is 0 Å². The van der Waals surface area contributed by atoms with Crippen molar-refractivity contribution in [1.82, 2.24) is 4.57 Å². The molecule has 0 bridgehead atoms. The summed E-state index contributed by atoms with van der Waals surface area (Å²) in [5.41, 5.74) is 1.39. The number of rotatable bonds is 4. The molecule has 0 aromatic carbocycles. The van der Waals surface area contributed by atoms with Crippen molar-refractivity contribution < 1.29 is 14.5 Å². The molecular weight excluding hydrogens is 224 g/mol. The molecule has 0 radical (unpaired) electrons. The lowest BCUT2D eigenvalue weighted by Crippen LogP contribution is -2.15. The third kappa shape index (κ3) is 2.93. The van der Waals surface area contributed by atoms with Gasteiger partial charge in [-0.05, 0) is 32.9 Å². The summed E-state index contributed by atoms with van der Waals surface area (Å²) in [6.45, 7) is 5.35. The molecule has 6 nitrogen and oxygen atoms in total. The van der Waals surface area contributed by atoms with Gasteiger partial charge in [0, 0.05) is 11.4 Å². The van der Waals surface area contributed by atoms with E-state index in [1.165, 1.54) is 4.57 Å². The van der Waals surface area contributed by atoms with Gasteiger partial charge in [-0.2, -0.15) is 0 Å². The zero-order valence-corrected chi connectivity index (χ0v) is 9.97. The summed E-state index contributed by atoms with van der Waals surface area (Å²) in [6.07, 6.45) is 0.665. The van der Waals surface area contributed by atoms with E-state index in [4.69, 9.17) is 4.74 Å². The SMILES string of the molecule is CCOC(=O)/C(=C\[N+](=O)[O-])n1c(C)ccc1C. The van der Waals surface area contributed by atoms with E-state index < -0.39 is 10.9 Å². The maximum Gasteiger partial charge on any atom is 0.361 e. The Morgan fingerprint density at radius 2 is 2.00 bits per heavy atom. The minimum Gasteiger partial charge on any atom is -0.461 e. The predicted octanol–water partition coefficient (Wildman–Crippen LogP) is 1.74. The van der Waals surface area contributed by atoms with Crippen LogP contribution in [0.3, 0.4) is 0 Å². The van der Waals surface area contributed by atoms with E-state index in [2.05, 4.69) is 0 Å². The Morgan fingerprint density at radius 1 is 1.47 bits per heavy atom. The highest BCUT2D eigenvalue weighted by Crippen LogP contribution is 2.16. The van der Waals surface area contributed by atoms with Crippen LogP contribution >= 0.6 is 0 Å². The van der Waals surface area contributed by atoms with Crippen LogP contribution in [0.2, 0.25) is 0 Å². The topological polar surface area (TPSA) is 74.4 Å². The summed E-state index contributed by atoms with van der Waals surface area (Å²) in [4.78, 5) is 21.5. The Morgan fingerprint density at radius 3 is 2.41 bits per heavy atom. The van der Waals surface area contributed by atoms with Gasteiger partial charge in [0.05, 0.1) is 11.5 Å². The molecule has 0 spiro atoms. The van der Waals surface area contributed by atoms with Crippen LogP contribution in [0.1, 0.15) is 18.3 Å². The molecule has 0 aliphatic rings. The van der Waals surface area contributed by atoms with Gasteiger partial charge in [-0.3, -0.25) is 10.1 Å². The summed E-state index contributed by atoms with van der Waals surface area (Å²) < 4.78 is 6.31. The van der Waals surface area contributed by atoms with E-state index in [1.807, 2.05) is 0 Å². The van der Waals surface area contributed by atoms with Gasteiger partial charge >= 0.3 is 5.97 Å². The van der Waals surface area contributed by atoms with Crippen molar-refractivity contribution >= 4 is 11.7 Å². The van der Waals surface area contributed by atoms with Crippen molar-refractivity contribution in [1.29, 1.82) is 0 Å². The highest BCUT2D eigenvalue weighted by molar-refractivity contribution is 6.09. The lowest BCUT2D eigenvalue weighted by Gasteiger charge is -2.10. The van der Waals surface area contributed by atoms with Crippen molar-refractivity contribution in [3.8, 4) is 0 Å². The molecular formula is C11H14N2O4. The fraction of sp³-hybridized carbons (Fsp3) is 0.364. The second-order valence-corrected chi connectivity index (χ2v) is 3.47. The average Bonchev–Trinajstić information content (AvgIpc) is 2.56. The number of hydrogen-bond donors (Lipinski definition) is 0. The van der Waals surface area contributed by atoms with Gasteiger partial charge in [0.1, 0.15) is 0 Å². The Hall–Kier alpha value is -2.11. The van der Waals surface area contributed by atoms with E-state index in [0.717, 1.165) is 11.4 Å². The normalized spacial score (nSPS) is 11.4. The maximum atomic E-state index is 11.7. The summed E-state index contributed by atoms with van der Waals surface area (Å²) in [7, 11) is 0. The first-order valence-electron chi connectivity index (χ1n) is 5.15. The molecule has 6 heteroatoms. The molecule has 0 N–H and O–H groups in total. The molecule has 17 heavy (non-hydrogen) atoms. The molecule has 1 aromatic rings. The summed E-state index contributed by atoms with van der Waals surface area (Å²) >= 11 is 0. The Balaban J connectivity index is 3.25. The maximum absolute atomic E-state index is 11.7. The van der Waals surface area contributed by atoms with E-state index in [9.17, 15) is 14.9 Å². The number of nitro groups is 1. The van der Waals surface area contributed by atoms with Gasteiger partial charge in [-0.15, -0.1) is 0 Å².